The van der Waals surface area contributed by atoms with Crippen molar-refractivity contribution in [2.75, 3.05) is 0 Å². The van der Waals surface area contributed by atoms with Gasteiger partial charge < -0.3 is 9.94 Å². The van der Waals surface area contributed by atoms with Gasteiger partial charge in [-0.05, 0) is 18.9 Å². The lowest BCUT2D eigenvalue weighted by atomic mass is 10.2. The van der Waals surface area contributed by atoms with E-state index in [-0.39, 0.29) is 17.4 Å². The maximum Gasteiger partial charge on any atom is 0.173 e. The highest BCUT2D eigenvalue weighted by atomic mass is 19.1. The zero-order valence-electron chi connectivity index (χ0n) is 7.48. The fraction of sp³-hybridized carbons (Fsp3) is 0.300. The molecule has 0 radical (unpaired) electrons. The third-order valence-corrected chi connectivity index (χ3v) is 2.01. The van der Waals surface area contributed by atoms with Gasteiger partial charge in [0.15, 0.2) is 11.6 Å². The number of hydrogen-bond acceptors (Lipinski definition) is 3. The summed E-state index contributed by atoms with van der Waals surface area (Å²) in [4.78, 5) is 0. The minimum Gasteiger partial charge on any atom is -0.487 e. The predicted octanol–water partition coefficient (Wildman–Crippen LogP) is 2.17. The van der Waals surface area contributed by atoms with Crippen LogP contribution < -0.4 is 4.74 Å². The molecule has 4 heteroatoms. The Morgan fingerprint density at radius 2 is 2.29 bits per heavy atom. The molecule has 3 nitrogen and oxygen atoms in total. The molecule has 0 aromatic heterocycles. The van der Waals surface area contributed by atoms with Crippen LogP contribution in [-0.4, -0.2) is 17.5 Å². The highest BCUT2D eigenvalue weighted by Gasteiger charge is 2.25. The average molecular weight is 195 g/mol. The number of hydrogen-bond donors (Lipinski definition) is 1. The van der Waals surface area contributed by atoms with Crippen molar-refractivity contribution < 1.29 is 14.3 Å². The van der Waals surface area contributed by atoms with E-state index in [1.807, 2.05) is 0 Å². The van der Waals surface area contributed by atoms with Gasteiger partial charge in [-0.3, -0.25) is 0 Å². The van der Waals surface area contributed by atoms with Gasteiger partial charge >= 0.3 is 0 Å². The molecule has 0 spiro atoms. The van der Waals surface area contributed by atoms with E-state index < -0.39 is 5.82 Å². The van der Waals surface area contributed by atoms with Crippen LogP contribution >= 0.6 is 0 Å². The van der Waals surface area contributed by atoms with E-state index in [1.54, 1.807) is 12.1 Å². The smallest absolute Gasteiger partial charge is 0.173 e. The first-order valence-corrected chi connectivity index (χ1v) is 4.44. The molecule has 0 bridgehead atoms. The molecular weight excluding hydrogens is 185 g/mol. The topological polar surface area (TPSA) is 41.8 Å². The van der Waals surface area contributed by atoms with Crippen molar-refractivity contribution in [2.24, 2.45) is 5.16 Å². The minimum atomic E-state index is -0.475. The molecule has 1 aromatic rings. The number of oxime groups is 1. The quantitative estimate of drug-likeness (QED) is 0.456. The number of ether oxygens (including phenoxy) is 1. The van der Waals surface area contributed by atoms with E-state index in [0.717, 1.165) is 19.1 Å². The summed E-state index contributed by atoms with van der Waals surface area (Å²) in [7, 11) is 0. The Morgan fingerprint density at radius 1 is 1.50 bits per heavy atom. The van der Waals surface area contributed by atoms with Crippen molar-refractivity contribution in [2.45, 2.75) is 18.9 Å². The Hall–Kier alpha value is -1.58. The second kappa shape index (κ2) is 3.65. The second-order valence-electron chi connectivity index (χ2n) is 3.22. The minimum absolute atomic E-state index is 0.158. The van der Waals surface area contributed by atoms with Gasteiger partial charge in [0.1, 0.15) is 0 Å². The van der Waals surface area contributed by atoms with E-state index in [0.29, 0.717) is 0 Å². The van der Waals surface area contributed by atoms with Crippen LogP contribution in [0.3, 0.4) is 0 Å². The predicted molar refractivity (Wildman–Crippen MR) is 49.4 cm³/mol. The summed E-state index contributed by atoms with van der Waals surface area (Å²) in [5.41, 5.74) is 0.227. The molecule has 0 atom stereocenters. The van der Waals surface area contributed by atoms with Crippen LogP contribution in [0.25, 0.3) is 0 Å². The molecule has 0 heterocycles. The lowest BCUT2D eigenvalue weighted by Gasteiger charge is -2.06. The molecular formula is C10H10FNO2. The summed E-state index contributed by atoms with van der Waals surface area (Å²) >= 11 is 0. The lowest BCUT2D eigenvalue weighted by molar-refractivity contribution is 0.287. The Labute approximate surface area is 80.8 Å². The van der Waals surface area contributed by atoms with Crippen LogP contribution in [0.1, 0.15) is 18.4 Å². The molecule has 1 aliphatic rings. The molecule has 14 heavy (non-hydrogen) atoms. The van der Waals surface area contributed by atoms with Gasteiger partial charge in [0.05, 0.1) is 12.3 Å². The van der Waals surface area contributed by atoms with Crippen molar-refractivity contribution >= 4 is 6.21 Å². The van der Waals surface area contributed by atoms with Crippen molar-refractivity contribution in [3.8, 4) is 5.75 Å². The molecule has 2 rings (SSSR count). The SMILES string of the molecule is ON=Cc1cccc(OC2CC2)c1F. The summed E-state index contributed by atoms with van der Waals surface area (Å²) in [6.07, 6.45) is 3.18. The molecule has 1 fully saturated rings. The van der Waals surface area contributed by atoms with Crippen LogP contribution in [0, 0.1) is 5.82 Å². The summed E-state index contributed by atoms with van der Waals surface area (Å²) in [6.45, 7) is 0. The first-order chi connectivity index (χ1) is 6.81. The normalized spacial score (nSPS) is 16.1. The van der Waals surface area contributed by atoms with E-state index in [2.05, 4.69) is 5.16 Å². The molecule has 74 valence electrons. The van der Waals surface area contributed by atoms with Gasteiger partial charge in [-0.1, -0.05) is 17.3 Å². The first kappa shape index (κ1) is 8.99. The van der Waals surface area contributed by atoms with E-state index in [1.165, 1.54) is 6.07 Å². The Morgan fingerprint density at radius 3 is 2.93 bits per heavy atom. The largest absolute Gasteiger partial charge is 0.487 e. The van der Waals surface area contributed by atoms with Crippen LogP contribution in [-0.2, 0) is 0 Å². The molecule has 0 aliphatic heterocycles. The highest BCUT2D eigenvalue weighted by Crippen LogP contribution is 2.29. The molecule has 1 aliphatic carbocycles. The van der Waals surface area contributed by atoms with E-state index in [4.69, 9.17) is 9.94 Å². The Bertz CT molecular complexity index is 361. The Kier molecular flexibility index (Phi) is 2.35. The monoisotopic (exact) mass is 195 g/mol. The van der Waals surface area contributed by atoms with Crippen molar-refractivity contribution in [1.82, 2.24) is 0 Å². The molecule has 0 unspecified atom stereocenters. The third kappa shape index (κ3) is 1.84. The maximum atomic E-state index is 13.5. The van der Waals surface area contributed by atoms with Crippen molar-refractivity contribution in [3.05, 3.63) is 29.6 Å². The first-order valence-electron chi connectivity index (χ1n) is 4.44. The van der Waals surface area contributed by atoms with Crippen molar-refractivity contribution in [3.63, 3.8) is 0 Å². The van der Waals surface area contributed by atoms with Gasteiger partial charge in [-0.25, -0.2) is 4.39 Å². The number of halogens is 1. The van der Waals surface area contributed by atoms with Gasteiger partial charge in [-0.15, -0.1) is 0 Å². The number of rotatable bonds is 3. The summed E-state index contributed by atoms with van der Waals surface area (Å²) in [5.74, 6) is -0.248. The number of nitrogens with zero attached hydrogens (tertiary/aromatic N) is 1. The second-order valence-corrected chi connectivity index (χ2v) is 3.22. The summed E-state index contributed by atoms with van der Waals surface area (Å²) < 4.78 is 18.8. The maximum absolute atomic E-state index is 13.5. The zero-order chi connectivity index (χ0) is 9.97. The van der Waals surface area contributed by atoms with Crippen LogP contribution in [0.5, 0.6) is 5.75 Å². The summed E-state index contributed by atoms with van der Waals surface area (Å²) in [6, 6.07) is 4.76. The van der Waals surface area contributed by atoms with Gasteiger partial charge in [0.2, 0.25) is 0 Å². The molecule has 1 N–H and O–H groups in total. The average Bonchev–Trinajstić information content (AvgIpc) is 2.96. The van der Waals surface area contributed by atoms with Crippen LogP contribution in [0.15, 0.2) is 23.4 Å². The summed E-state index contributed by atoms with van der Waals surface area (Å²) in [5, 5.41) is 11.1. The number of benzene rings is 1. The van der Waals surface area contributed by atoms with Gasteiger partial charge in [0.25, 0.3) is 0 Å². The molecule has 1 aromatic carbocycles. The third-order valence-electron chi connectivity index (χ3n) is 2.01. The van der Waals surface area contributed by atoms with E-state index >= 15 is 0 Å². The fourth-order valence-corrected chi connectivity index (χ4v) is 1.15. The van der Waals surface area contributed by atoms with E-state index in [9.17, 15) is 4.39 Å². The highest BCUT2D eigenvalue weighted by molar-refractivity contribution is 5.80. The van der Waals surface area contributed by atoms with Gasteiger partial charge in [-0.2, -0.15) is 0 Å². The molecule has 1 saturated carbocycles. The van der Waals surface area contributed by atoms with Crippen LogP contribution in [0.4, 0.5) is 4.39 Å². The molecule has 0 amide bonds. The zero-order valence-corrected chi connectivity index (χ0v) is 7.48. The molecule has 0 saturated heterocycles. The lowest BCUT2D eigenvalue weighted by Crippen LogP contribution is -2.00. The fourth-order valence-electron chi connectivity index (χ4n) is 1.15. The van der Waals surface area contributed by atoms with Crippen molar-refractivity contribution in [1.29, 1.82) is 0 Å². The standard InChI is InChI=1S/C10H10FNO2/c11-10-7(6-12-13)2-1-3-9(10)14-8-4-5-8/h1-3,6,8,13H,4-5H2. The Balaban J connectivity index is 2.25. The van der Waals surface area contributed by atoms with Crippen LogP contribution in [0.2, 0.25) is 0 Å². The van der Waals surface area contributed by atoms with Gasteiger partial charge in [0, 0.05) is 5.56 Å².